The Hall–Kier alpha value is -3.56. The lowest BCUT2D eigenvalue weighted by Crippen LogP contribution is -2.51. The maximum Gasteiger partial charge on any atom is 0.264 e. The summed E-state index contributed by atoms with van der Waals surface area (Å²) in [5.74, 6) is -0.315. The van der Waals surface area contributed by atoms with Gasteiger partial charge in [-0.15, -0.1) is 0 Å². The minimum atomic E-state index is -4.13. The molecule has 8 nitrogen and oxygen atoms in total. The van der Waals surface area contributed by atoms with Crippen LogP contribution in [0.15, 0.2) is 83.8 Å². The highest BCUT2D eigenvalue weighted by atomic mass is 35.5. The summed E-state index contributed by atoms with van der Waals surface area (Å²) in [4.78, 5) is 28.2. The molecular weight excluding hydrogens is 538 g/mol. The number of carbonyl (C=O) groups is 2. The zero-order chi connectivity index (χ0) is 28.4. The van der Waals surface area contributed by atoms with E-state index in [1.54, 1.807) is 73.7 Å². The van der Waals surface area contributed by atoms with Crippen molar-refractivity contribution in [3.8, 4) is 5.75 Å². The molecule has 208 valence electrons. The first-order valence-electron chi connectivity index (χ1n) is 12.8. The Kier molecular flexibility index (Phi) is 10.8. The molecule has 0 saturated carbocycles. The van der Waals surface area contributed by atoms with Crippen LogP contribution in [0.5, 0.6) is 5.75 Å². The van der Waals surface area contributed by atoms with Crippen LogP contribution < -0.4 is 14.4 Å². The smallest absolute Gasteiger partial charge is 0.264 e. The van der Waals surface area contributed by atoms with E-state index < -0.39 is 28.5 Å². The van der Waals surface area contributed by atoms with Crippen LogP contribution in [0.1, 0.15) is 32.8 Å². The summed E-state index contributed by atoms with van der Waals surface area (Å²) in [5.41, 5.74) is 0.928. The maximum absolute atomic E-state index is 13.9. The zero-order valence-corrected chi connectivity index (χ0v) is 23.9. The van der Waals surface area contributed by atoms with Crippen molar-refractivity contribution in [2.45, 2.75) is 44.7 Å². The molecule has 0 aliphatic carbocycles. The van der Waals surface area contributed by atoms with E-state index >= 15 is 0 Å². The third kappa shape index (κ3) is 7.74. The van der Waals surface area contributed by atoms with Crippen LogP contribution in [0.25, 0.3) is 0 Å². The lowest BCUT2D eigenvalue weighted by atomic mass is 10.1. The minimum Gasteiger partial charge on any atom is -0.494 e. The molecule has 0 fully saturated rings. The fourth-order valence-electron chi connectivity index (χ4n) is 3.91. The molecule has 10 heteroatoms. The van der Waals surface area contributed by atoms with E-state index in [1.807, 2.05) is 13.8 Å². The Morgan fingerprint density at radius 3 is 2.21 bits per heavy atom. The van der Waals surface area contributed by atoms with Gasteiger partial charge in [0.25, 0.3) is 10.0 Å². The van der Waals surface area contributed by atoms with Gasteiger partial charge < -0.3 is 15.0 Å². The molecule has 3 aromatic carbocycles. The van der Waals surface area contributed by atoms with Gasteiger partial charge in [-0.05, 0) is 68.3 Å². The number of amides is 2. The molecule has 0 spiro atoms. The third-order valence-electron chi connectivity index (χ3n) is 6.06. The highest BCUT2D eigenvalue weighted by Crippen LogP contribution is 2.27. The van der Waals surface area contributed by atoms with Crippen molar-refractivity contribution in [1.29, 1.82) is 0 Å². The van der Waals surface area contributed by atoms with Gasteiger partial charge in [0.1, 0.15) is 18.3 Å². The van der Waals surface area contributed by atoms with E-state index in [0.717, 1.165) is 10.7 Å². The first-order valence-corrected chi connectivity index (χ1v) is 14.6. The van der Waals surface area contributed by atoms with Crippen molar-refractivity contribution >= 4 is 39.1 Å². The van der Waals surface area contributed by atoms with Gasteiger partial charge in [0.2, 0.25) is 11.8 Å². The van der Waals surface area contributed by atoms with Gasteiger partial charge in [0, 0.05) is 18.1 Å². The Labute approximate surface area is 235 Å². The molecule has 0 bridgehead atoms. The van der Waals surface area contributed by atoms with Gasteiger partial charge in [-0.25, -0.2) is 8.42 Å². The summed E-state index contributed by atoms with van der Waals surface area (Å²) in [5, 5.41) is 3.26. The number of benzene rings is 3. The highest BCUT2D eigenvalue weighted by Gasteiger charge is 2.32. The van der Waals surface area contributed by atoms with E-state index in [-0.39, 0.29) is 23.0 Å². The van der Waals surface area contributed by atoms with Gasteiger partial charge in [-0.3, -0.25) is 13.9 Å². The summed E-state index contributed by atoms with van der Waals surface area (Å²) >= 11 is 6.38. The van der Waals surface area contributed by atoms with Crippen molar-refractivity contribution in [3.05, 3.63) is 89.4 Å². The SMILES string of the molecule is CCCNC(=O)[C@@H](C)N(Cc1ccccc1Cl)C(=O)CN(c1ccc(OCC)cc1)S(=O)(=O)c1ccccc1. The summed E-state index contributed by atoms with van der Waals surface area (Å²) in [7, 11) is -4.13. The number of anilines is 1. The highest BCUT2D eigenvalue weighted by molar-refractivity contribution is 7.92. The molecule has 0 aliphatic heterocycles. The Bertz CT molecular complexity index is 1350. The number of nitrogens with zero attached hydrogens (tertiary/aromatic N) is 2. The first kappa shape index (κ1) is 30.0. The fourth-order valence-corrected chi connectivity index (χ4v) is 5.54. The average Bonchev–Trinajstić information content (AvgIpc) is 2.94. The van der Waals surface area contributed by atoms with Crippen LogP contribution in [0.3, 0.4) is 0 Å². The minimum absolute atomic E-state index is 0.0295. The normalized spacial score (nSPS) is 11.9. The number of carbonyl (C=O) groups excluding carboxylic acids is 2. The number of nitrogens with one attached hydrogen (secondary N) is 1. The van der Waals surface area contributed by atoms with Crippen LogP contribution in [0.2, 0.25) is 5.02 Å². The summed E-state index contributed by atoms with van der Waals surface area (Å²) in [6.07, 6.45) is 0.734. The quantitative estimate of drug-likeness (QED) is 0.315. The lowest BCUT2D eigenvalue weighted by Gasteiger charge is -2.32. The van der Waals surface area contributed by atoms with Gasteiger partial charge >= 0.3 is 0 Å². The van der Waals surface area contributed by atoms with E-state index in [4.69, 9.17) is 16.3 Å². The zero-order valence-electron chi connectivity index (χ0n) is 22.3. The van der Waals surface area contributed by atoms with Gasteiger partial charge in [-0.2, -0.15) is 0 Å². The molecule has 39 heavy (non-hydrogen) atoms. The summed E-state index contributed by atoms with van der Waals surface area (Å²) < 4.78 is 34.1. The van der Waals surface area contributed by atoms with Crippen LogP contribution in [0.4, 0.5) is 5.69 Å². The van der Waals surface area contributed by atoms with E-state index in [2.05, 4.69) is 5.32 Å². The molecule has 2 amide bonds. The van der Waals surface area contributed by atoms with Crippen LogP contribution >= 0.6 is 11.6 Å². The first-order chi connectivity index (χ1) is 18.7. The number of ether oxygens (including phenoxy) is 1. The molecule has 0 heterocycles. The van der Waals surface area contributed by atoms with Crippen molar-refractivity contribution < 1.29 is 22.7 Å². The number of halogens is 1. The van der Waals surface area contributed by atoms with Crippen LogP contribution in [-0.4, -0.2) is 50.9 Å². The standard InChI is InChI=1S/C29H34ClN3O5S/c1-4-19-31-29(35)22(3)32(20-23-11-9-10-14-27(23)30)28(34)21-33(24-15-17-25(18-16-24)38-5-2)39(36,37)26-12-7-6-8-13-26/h6-18,22H,4-5,19-21H2,1-3H3,(H,31,35)/t22-/m1/s1. The molecule has 3 aromatic rings. The second-order valence-corrected chi connectivity index (χ2v) is 11.1. The Morgan fingerprint density at radius 2 is 1.59 bits per heavy atom. The Balaban J connectivity index is 2.01. The van der Waals surface area contributed by atoms with Gasteiger partial charge in [-0.1, -0.05) is 54.9 Å². The molecule has 3 rings (SSSR count). The van der Waals surface area contributed by atoms with Crippen LogP contribution in [0, 0.1) is 0 Å². The largest absolute Gasteiger partial charge is 0.494 e. The van der Waals surface area contributed by atoms with Gasteiger partial charge in [0.05, 0.1) is 17.2 Å². The molecular formula is C29H34ClN3O5S. The molecule has 0 unspecified atom stereocenters. The van der Waals surface area contributed by atoms with E-state index in [9.17, 15) is 18.0 Å². The van der Waals surface area contributed by atoms with Crippen molar-refractivity contribution in [1.82, 2.24) is 10.2 Å². The van der Waals surface area contributed by atoms with Crippen molar-refractivity contribution in [2.24, 2.45) is 0 Å². The predicted octanol–water partition coefficient (Wildman–Crippen LogP) is 4.88. The summed E-state index contributed by atoms with van der Waals surface area (Å²) in [6.45, 7) is 5.82. The summed E-state index contributed by atoms with van der Waals surface area (Å²) in [6, 6.07) is 20.6. The lowest BCUT2D eigenvalue weighted by molar-refractivity contribution is -0.139. The fraction of sp³-hybridized carbons (Fsp3) is 0.310. The molecule has 0 aliphatic rings. The maximum atomic E-state index is 13.9. The monoisotopic (exact) mass is 571 g/mol. The number of rotatable bonds is 13. The van der Waals surface area contributed by atoms with Crippen LogP contribution in [-0.2, 0) is 26.2 Å². The Morgan fingerprint density at radius 1 is 0.949 bits per heavy atom. The number of sulfonamides is 1. The average molecular weight is 572 g/mol. The van der Waals surface area contributed by atoms with E-state index in [1.165, 1.54) is 17.0 Å². The second kappa shape index (κ2) is 14.0. The topological polar surface area (TPSA) is 96.0 Å². The molecule has 0 saturated heterocycles. The number of hydrogen-bond donors (Lipinski definition) is 1. The van der Waals surface area contributed by atoms with Gasteiger partial charge in [0.15, 0.2) is 0 Å². The molecule has 1 N–H and O–H groups in total. The molecule has 1 atom stereocenters. The second-order valence-electron chi connectivity index (χ2n) is 8.83. The predicted molar refractivity (Wildman–Crippen MR) is 153 cm³/mol. The third-order valence-corrected chi connectivity index (χ3v) is 8.22. The van der Waals surface area contributed by atoms with Crippen molar-refractivity contribution in [3.63, 3.8) is 0 Å². The molecule has 0 radical (unpaired) electrons. The van der Waals surface area contributed by atoms with Crippen molar-refractivity contribution in [2.75, 3.05) is 24.0 Å². The van der Waals surface area contributed by atoms with E-state index in [0.29, 0.717) is 29.5 Å². The molecule has 0 aromatic heterocycles. The number of hydrogen-bond acceptors (Lipinski definition) is 5.